The molecule has 4 nitrogen and oxygen atoms in total. The zero-order chi connectivity index (χ0) is 12.0. The average molecular weight is 279 g/mol. The third kappa shape index (κ3) is 5.89. The van der Waals surface area contributed by atoms with Gasteiger partial charge in [-0.15, -0.1) is 12.4 Å². The minimum Gasteiger partial charge on any atom is -0.383 e. The van der Waals surface area contributed by atoms with Gasteiger partial charge in [-0.1, -0.05) is 23.7 Å². The molecule has 0 bridgehead atoms. The van der Waals surface area contributed by atoms with Gasteiger partial charge in [0, 0.05) is 18.7 Å². The normalized spacial score (nSPS) is 11.5. The highest BCUT2D eigenvalue weighted by Crippen LogP contribution is 2.08. The summed E-state index contributed by atoms with van der Waals surface area (Å²) in [4.78, 5) is 11.4. The van der Waals surface area contributed by atoms with E-state index in [2.05, 4.69) is 5.32 Å². The molecule has 0 spiro atoms. The molecule has 1 aromatic rings. The summed E-state index contributed by atoms with van der Waals surface area (Å²) in [6.45, 7) is 0.653. The highest BCUT2D eigenvalue weighted by atomic mass is 35.5. The van der Waals surface area contributed by atoms with E-state index >= 15 is 0 Å². The van der Waals surface area contributed by atoms with E-state index in [1.54, 1.807) is 12.1 Å². The van der Waals surface area contributed by atoms with Crippen molar-refractivity contribution in [3.05, 3.63) is 34.9 Å². The fourth-order valence-corrected chi connectivity index (χ4v) is 1.30. The van der Waals surface area contributed by atoms with Crippen molar-refractivity contribution in [3.8, 4) is 0 Å². The van der Waals surface area contributed by atoms with Gasteiger partial charge >= 0.3 is 0 Å². The zero-order valence-electron chi connectivity index (χ0n) is 9.48. The van der Waals surface area contributed by atoms with Crippen molar-refractivity contribution in [1.82, 2.24) is 5.32 Å². The molecule has 0 fully saturated rings. The maximum atomic E-state index is 11.4. The van der Waals surface area contributed by atoms with E-state index in [9.17, 15) is 4.79 Å². The second-order valence-electron chi connectivity index (χ2n) is 3.41. The molecule has 6 heteroatoms. The number of rotatable bonds is 5. The van der Waals surface area contributed by atoms with Crippen LogP contribution in [0.5, 0.6) is 0 Å². The smallest absolute Gasteiger partial charge is 0.239 e. The van der Waals surface area contributed by atoms with Crippen molar-refractivity contribution in [1.29, 1.82) is 0 Å². The molecule has 96 valence electrons. The van der Waals surface area contributed by atoms with Crippen molar-refractivity contribution in [2.45, 2.75) is 12.6 Å². The molecule has 0 aromatic heterocycles. The number of hydrogen-bond donors (Lipinski definition) is 2. The van der Waals surface area contributed by atoms with Gasteiger partial charge < -0.3 is 15.8 Å². The quantitative estimate of drug-likeness (QED) is 0.855. The van der Waals surface area contributed by atoms with E-state index in [0.717, 1.165) is 5.56 Å². The van der Waals surface area contributed by atoms with Crippen LogP contribution in [0.1, 0.15) is 5.56 Å². The van der Waals surface area contributed by atoms with Crippen molar-refractivity contribution in [2.75, 3.05) is 13.7 Å². The number of nitrogens with two attached hydrogens (primary N) is 1. The number of benzene rings is 1. The van der Waals surface area contributed by atoms with E-state index in [4.69, 9.17) is 22.1 Å². The second kappa shape index (κ2) is 8.31. The Labute approximate surface area is 112 Å². The standard InChI is InChI=1S/C11H15ClN2O2.ClH/c1-16-7-10(13)11(15)14-6-8-2-4-9(12)5-3-8;/h2-5,10H,6-7,13H2,1H3,(H,14,15);1H. The number of methoxy groups -OCH3 is 1. The summed E-state index contributed by atoms with van der Waals surface area (Å²) in [6.07, 6.45) is 0. The van der Waals surface area contributed by atoms with Gasteiger partial charge in [0.15, 0.2) is 0 Å². The first kappa shape index (κ1) is 16.2. The highest BCUT2D eigenvalue weighted by Gasteiger charge is 2.11. The van der Waals surface area contributed by atoms with Gasteiger partial charge in [0.1, 0.15) is 6.04 Å². The van der Waals surface area contributed by atoms with Crippen LogP contribution in [0.2, 0.25) is 5.02 Å². The first-order valence-corrected chi connectivity index (χ1v) is 5.28. The monoisotopic (exact) mass is 278 g/mol. The number of ether oxygens (including phenoxy) is 1. The molecule has 0 aliphatic heterocycles. The zero-order valence-corrected chi connectivity index (χ0v) is 11.1. The fourth-order valence-electron chi connectivity index (χ4n) is 1.18. The van der Waals surface area contributed by atoms with Crippen LogP contribution < -0.4 is 11.1 Å². The molecule has 0 aliphatic carbocycles. The first-order valence-electron chi connectivity index (χ1n) is 4.90. The number of nitrogens with one attached hydrogen (secondary N) is 1. The van der Waals surface area contributed by atoms with Crippen LogP contribution in [0.3, 0.4) is 0 Å². The van der Waals surface area contributed by atoms with Crippen molar-refractivity contribution in [3.63, 3.8) is 0 Å². The topological polar surface area (TPSA) is 64.3 Å². The lowest BCUT2D eigenvalue weighted by atomic mass is 10.2. The van der Waals surface area contributed by atoms with Crippen LogP contribution in [0.15, 0.2) is 24.3 Å². The molecular weight excluding hydrogens is 263 g/mol. The summed E-state index contributed by atoms with van der Waals surface area (Å²) in [5, 5.41) is 3.39. The maximum Gasteiger partial charge on any atom is 0.239 e. The van der Waals surface area contributed by atoms with Gasteiger partial charge in [-0.3, -0.25) is 4.79 Å². The number of carbonyl (C=O) groups is 1. The summed E-state index contributed by atoms with van der Waals surface area (Å²) in [7, 11) is 1.51. The molecule has 0 saturated heterocycles. The van der Waals surface area contributed by atoms with Crippen LogP contribution in [-0.4, -0.2) is 25.7 Å². The molecule has 1 atom stereocenters. The summed E-state index contributed by atoms with van der Waals surface area (Å²) < 4.78 is 4.79. The van der Waals surface area contributed by atoms with E-state index in [0.29, 0.717) is 11.6 Å². The summed E-state index contributed by atoms with van der Waals surface area (Å²) in [5.41, 5.74) is 6.53. The van der Waals surface area contributed by atoms with Crippen LogP contribution in [0.25, 0.3) is 0 Å². The van der Waals surface area contributed by atoms with Gasteiger partial charge in [0.2, 0.25) is 5.91 Å². The molecule has 1 aromatic carbocycles. The van der Waals surface area contributed by atoms with Crippen LogP contribution in [0.4, 0.5) is 0 Å². The SMILES string of the molecule is COCC(N)C(=O)NCc1ccc(Cl)cc1.Cl. The molecule has 0 saturated carbocycles. The Kier molecular flexibility index (Phi) is 7.91. The van der Waals surface area contributed by atoms with Crippen LogP contribution in [-0.2, 0) is 16.1 Å². The van der Waals surface area contributed by atoms with Gasteiger partial charge in [-0.25, -0.2) is 0 Å². The third-order valence-electron chi connectivity index (χ3n) is 2.06. The second-order valence-corrected chi connectivity index (χ2v) is 3.84. The van der Waals surface area contributed by atoms with Gasteiger partial charge in [-0.2, -0.15) is 0 Å². The third-order valence-corrected chi connectivity index (χ3v) is 2.31. The minimum atomic E-state index is -0.627. The Balaban J connectivity index is 0.00000256. The average Bonchev–Trinajstić information content (AvgIpc) is 2.28. The predicted octanol–water partition coefficient (Wildman–Crippen LogP) is 1.35. The highest BCUT2D eigenvalue weighted by molar-refractivity contribution is 6.30. The Morgan fingerprint density at radius 3 is 2.59 bits per heavy atom. The maximum absolute atomic E-state index is 11.4. The van der Waals surface area contributed by atoms with E-state index < -0.39 is 6.04 Å². The molecule has 1 rings (SSSR count). The lowest BCUT2D eigenvalue weighted by Crippen LogP contribution is -2.43. The summed E-state index contributed by atoms with van der Waals surface area (Å²) in [5.74, 6) is -0.225. The molecule has 1 unspecified atom stereocenters. The van der Waals surface area contributed by atoms with Crippen molar-refractivity contribution in [2.24, 2.45) is 5.73 Å². The van der Waals surface area contributed by atoms with Crippen molar-refractivity contribution >= 4 is 29.9 Å². The van der Waals surface area contributed by atoms with Gasteiger partial charge in [0.05, 0.1) is 6.61 Å². The largest absolute Gasteiger partial charge is 0.383 e. The van der Waals surface area contributed by atoms with Crippen LogP contribution in [0, 0.1) is 0 Å². The van der Waals surface area contributed by atoms with Crippen molar-refractivity contribution < 1.29 is 9.53 Å². The molecule has 17 heavy (non-hydrogen) atoms. The molecule has 0 radical (unpaired) electrons. The summed E-state index contributed by atoms with van der Waals surface area (Å²) >= 11 is 5.74. The first-order chi connectivity index (χ1) is 7.63. The van der Waals surface area contributed by atoms with E-state index in [1.807, 2.05) is 12.1 Å². The van der Waals surface area contributed by atoms with Gasteiger partial charge in [0.25, 0.3) is 0 Å². The summed E-state index contributed by atoms with van der Waals surface area (Å²) in [6, 6.07) is 6.63. The Morgan fingerprint density at radius 2 is 2.06 bits per heavy atom. The number of hydrogen-bond acceptors (Lipinski definition) is 3. The molecule has 0 heterocycles. The number of carbonyl (C=O) groups excluding carboxylic acids is 1. The number of amides is 1. The molecular formula is C11H16Cl2N2O2. The molecule has 3 N–H and O–H groups in total. The van der Waals surface area contributed by atoms with E-state index in [-0.39, 0.29) is 24.9 Å². The number of halogens is 2. The minimum absolute atomic E-state index is 0. The Bertz CT molecular complexity index is 344. The lowest BCUT2D eigenvalue weighted by Gasteiger charge is -2.11. The molecule has 1 amide bonds. The lowest BCUT2D eigenvalue weighted by molar-refractivity contribution is -0.123. The Morgan fingerprint density at radius 1 is 1.47 bits per heavy atom. The van der Waals surface area contributed by atoms with Crippen LogP contribution >= 0.6 is 24.0 Å². The Hall–Kier alpha value is -0.810. The molecule has 0 aliphatic rings. The predicted molar refractivity (Wildman–Crippen MR) is 70.4 cm³/mol. The fraction of sp³-hybridized carbons (Fsp3) is 0.364. The van der Waals surface area contributed by atoms with Gasteiger partial charge in [-0.05, 0) is 17.7 Å². The van der Waals surface area contributed by atoms with E-state index in [1.165, 1.54) is 7.11 Å².